The van der Waals surface area contributed by atoms with Gasteiger partial charge in [0.15, 0.2) is 0 Å². The zero-order chi connectivity index (χ0) is 10.5. The number of rotatable bonds is 3. The van der Waals surface area contributed by atoms with Gasteiger partial charge >= 0.3 is 0 Å². The summed E-state index contributed by atoms with van der Waals surface area (Å²) in [7, 11) is 0. The van der Waals surface area contributed by atoms with Crippen molar-refractivity contribution in [2.24, 2.45) is 0 Å². The molecule has 0 atom stereocenters. The summed E-state index contributed by atoms with van der Waals surface area (Å²) in [6.07, 6.45) is 4.29. The first-order valence-electron chi connectivity index (χ1n) is 5.68. The third-order valence-electron chi connectivity index (χ3n) is 2.68. The van der Waals surface area contributed by atoms with Crippen molar-refractivity contribution in [2.75, 3.05) is 31.2 Å². The Kier molecular flexibility index (Phi) is 3.56. The molecule has 3 heteroatoms. The van der Waals surface area contributed by atoms with E-state index in [2.05, 4.69) is 28.9 Å². The van der Waals surface area contributed by atoms with Crippen LogP contribution >= 0.6 is 0 Å². The second-order valence-corrected chi connectivity index (χ2v) is 3.87. The molecule has 0 N–H and O–H groups in total. The van der Waals surface area contributed by atoms with Crippen LogP contribution in [0.1, 0.15) is 18.9 Å². The van der Waals surface area contributed by atoms with Crippen molar-refractivity contribution in [3.63, 3.8) is 0 Å². The van der Waals surface area contributed by atoms with Gasteiger partial charge in [0, 0.05) is 19.3 Å². The minimum atomic E-state index is 0.818. The van der Waals surface area contributed by atoms with Gasteiger partial charge in [0.2, 0.25) is 0 Å². The molecule has 2 rings (SSSR count). The van der Waals surface area contributed by atoms with Gasteiger partial charge in [-0.1, -0.05) is 19.4 Å². The van der Waals surface area contributed by atoms with Crippen LogP contribution in [-0.4, -0.2) is 31.3 Å². The number of anilines is 1. The van der Waals surface area contributed by atoms with Crippen LogP contribution in [0.5, 0.6) is 0 Å². The maximum atomic E-state index is 5.31. The average molecular weight is 206 g/mol. The molecule has 1 aliphatic heterocycles. The number of aryl methyl sites for hydroxylation is 1. The number of ether oxygens (including phenoxy) is 1. The molecule has 1 saturated heterocycles. The summed E-state index contributed by atoms with van der Waals surface area (Å²) in [5, 5.41) is 0. The number of nitrogens with zero attached hydrogens (tertiary/aromatic N) is 2. The topological polar surface area (TPSA) is 25.4 Å². The molecule has 0 aromatic carbocycles. The Balaban J connectivity index is 2.02. The van der Waals surface area contributed by atoms with Crippen LogP contribution in [0.25, 0.3) is 0 Å². The second kappa shape index (κ2) is 5.12. The van der Waals surface area contributed by atoms with E-state index in [9.17, 15) is 0 Å². The molecule has 2 heterocycles. The van der Waals surface area contributed by atoms with Gasteiger partial charge in [-0.05, 0) is 18.1 Å². The Bertz CT molecular complexity index is 291. The number of aromatic nitrogens is 1. The monoisotopic (exact) mass is 206 g/mol. The lowest BCUT2D eigenvalue weighted by atomic mass is 10.2. The van der Waals surface area contributed by atoms with Gasteiger partial charge in [0.1, 0.15) is 5.82 Å². The van der Waals surface area contributed by atoms with Crippen LogP contribution in [-0.2, 0) is 11.2 Å². The van der Waals surface area contributed by atoms with Gasteiger partial charge in [-0.2, -0.15) is 0 Å². The third-order valence-corrected chi connectivity index (χ3v) is 2.68. The fourth-order valence-corrected chi connectivity index (χ4v) is 1.83. The molecule has 0 spiro atoms. The van der Waals surface area contributed by atoms with Crippen LogP contribution in [0.15, 0.2) is 18.3 Å². The van der Waals surface area contributed by atoms with Crippen LogP contribution in [0.4, 0.5) is 5.82 Å². The molecule has 1 aliphatic rings. The van der Waals surface area contributed by atoms with Crippen molar-refractivity contribution >= 4 is 5.82 Å². The maximum Gasteiger partial charge on any atom is 0.128 e. The molecule has 0 amide bonds. The van der Waals surface area contributed by atoms with Crippen molar-refractivity contribution in [1.29, 1.82) is 0 Å². The molecule has 1 aromatic rings. The van der Waals surface area contributed by atoms with Gasteiger partial charge in [-0.3, -0.25) is 0 Å². The first kappa shape index (κ1) is 10.4. The Labute approximate surface area is 91.1 Å². The van der Waals surface area contributed by atoms with E-state index in [0.29, 0.717) is 0 Å². The fourth-order valence-electron chi connectivity index (χ4n) is 1.83. The summed E-state index contributed by atoms with van der Waals surface area (Å²) in [6, 6.07) is 4.30. The molecule has 1 aromatic heterocycles. The summed E-state index contributed by atoms with van der Waals surface area (Å²) >= 11 is 0. The van der Waals surface area contributed by atoms with E-state index in [1.165, 1.54) is 12.0 Å². The second-order valence-electron chi connectivity index (χ2n) is 3.87. The predicted octanol–water partition coefficient (Wildman–Crippen LogP) is 1.87. The summed E-state index contributed by atoms with van der Waals surface area (Å²) in [4.78, 5) is 6.77. The van der Waals surface area contributed by atoms with Gasteiger partial charge in [0.25, 0.3) is 0 Å². The van der Waals surface area contributed by atoms with Crippen LogP contribution in [0.2, 0.25) is 0 Å². The van der Waals surface area contributed by atoms with E-state index in [-0.39, 0.29) is 0 Å². The molecule has 0 bridgehead atoms. The molecule has 82 valence electrons. The Hall–Kier alpha value is -1.09. The Morgan fingerprint density at radius 2 is 2.13 bits per heavy atom. The quantitative estimate of drug-likeness (QED) is 0.755. The number of pyridine rings is 1. The highest BCUT2D eigenvalue weighted by Gasteiger charge is 2.11. The molecular formula is C12H18N2O. The summed E-state index contributed by atoms with van der Waals surface area (Å²) < 4.78 is 5.31. The van der Waals surface area contributed by atoms with E-state index >= 15 is 0 Å². The minimum absolute atomic E-state index is 0.818. The number of morpholine rings is 1. The standard InChI is InChI=1S/C12H18N2O/c1-2-3-11-4-5-12(13-10-11)14-6-8-15-9-7-14/h4-5,10H,2-3,6-9H2,1H3. The fraction of sp³-hybridized carbons (Fsp3) is 0.583. The zero-order valence-electron chi connectivity index (χ0n) is 9.28. The summed E-state index contributed by atoms with van der Waals surface area (Å²) in [5.74, 6) is 1.08. The highest BCUT2D eigenvalue weighted by Crippen LogP contribution is 2.13. The first-order valence-corrected chi connectivity index (χ1v) is 5.68. The molecule has 0 saturated carbocycles. The number of hydrogen-bond donors (Lipinski definition) is 0. The van der Waals surface area contributed by atoms with E-state index in [4.69, 9.17) is 4.74 Å². The van der Waals surface area contributed by atoms with Gasteiger partial charge in [-0.25, -0.2) is 4.98 Å². The SMILES string of the molecule is CCCc1ccc(N2CCOCC2)nc1. The lowest BCUT2D eigenvalue weighted by molar-refractivity contribution is 0.122. The third kappa shape index (κ3) is 2.69. The molecular weight excluding hydrogens is 188 g/mol. The Morgan fingerprint density at radius 1 is 1.33 bits per heavy atom. The normalized spacial score (nSPS) is 16.7. The Morgan fingerprint density at radius 3 is 2.73 bits per heavy atom. The van der Waals surface area contributed by atoms with E-state index in [1.54, 1.807) is 0 Å². The highest BCUT2D eigenvalue weighted by atomic mass is 16.5. The summed E-state index contributed by atoms with van der Waals surface area (Å²) in [6.45, 7) is 5.74. The molecule has 15 heavy (non-hydrogen) atoms. The summed E-state index contributed by atoms with van der Waals surface area (Å²) in [5.41, 5.74) is 1.33. The van der Waals surface area contributed by atoms with Crippen molar-refractivity contribution in [3.8, 4) is 0 Å². The van der Waals surface area contributed by atoms with Gasteiger partial charge < -0.3 is 9.64 Å². The van der Waals surface area contributed by atoms with E-state index in [0.717, 1.165) is 38.5 Å². The lowest BCUT2D eigenvalue weighted by Crippen LogP contribution is -2.36. The van der Waals surface area contributed by atoms with E-state index in [1.807, 2.05) is 6.20 Å². The molecule has 0 aliphatic carbocycles. The van der Waals surface area contributed by atoms with Crippen molar-refractivity contribution in [1.82, 2.24) is 4.98 Å². The van der Waals surface area contributed by atoms with Gasteiger partial charge in [-0.15, -0.1) is 0 Å². The largest absolute Gasteiger partial charge is 0.378 e. The van der Waals surface area contributed by atoms with Crippen molar-refractivity contribution in [3.05, 3.63) is 23.9 Å². The van der Waals surface area contributed by atoms with Crippen molar-refractivity contribution < 1.29 is 4.74 Å². The predicted molar refractivity (Wildman–Crippen MR) is 61.3 cm³/mol. The van der Waals surface area contributed by atoms with Gasteiger partial charge in [0.05, 0.1) is 13.2 Å². The molecule has 1 fully saturated rings. The zero-order valence-corrected chi connectivity index (χ0v) is 9.28. The number of hydrogen-bond acceptors (Lipinski definition) is 3. The first-order chi connectivity index (χ1) is 7.40. The minimum Gasteiger partial charge on any atom is -0.378 e. The lowest BCUT2D eigenvalue weighted by Gasteiger charge is -2.27. The molecule has 0 radical (unpaired) electrons. The highest BCUT2D eigenvalue weighted by molar-refractivity contribution is 5.39. The molecule has 3 nitrogen and oxygen atoms in total. The van der Waals surface area contributed by atoms with Crippen LogP contribution in [0, 0.1) is 0 Å². The van der Waals surface area contributed by atoms with Crippen LogP contribution < -0.4 is 4.90 Å². The molecule has 0 unspecified atom stereocenters. The van der Waals surface area contributed by atoms with Crippen LogP contribution in [0.3, 0.4) is 0 Å². The average Bonchev–Trinajstić information content (AvgIpc) is 2.32. The maximum absolute atomic E-state index is 5.31. The van der Waals surface area contributed by atoms with Crippen molar-refractivity contribution in [2.45, 2.75) is 19.8 Å². The smallest absolute Gasteiger partial charge is 0.128 e. The van der Waals surface area contributed by atoms with E-state index < -0.39 is 0 Å².